The van der Waals surface area contributed by atoms with Gasteiger partial charge in [0.15, 0.2) is 0 Å². The molecule has 6 rings (SSSR count). The van der Waals surface area contributed by atoms with Crippen molar-refractivity contribution in [1.82, 2.24) is 14.6 Å². The predicted molar refractivity (Wildman–Crippen MR) is 147 cm³/mol. The van der Waals surface area contributed by atoms with Crippen molar-refractivity contribution in [2.45, 2.75) is 68.7 Å². The fourth-order valence-corrected chi connectivity index (χ4v) is 8.00. The lowest BCUT2D eigenvalue weighted by Crippen LogP contribution is -2.44. The molecule has 1 atom stereocenters. The van der Waals surface area contributed by atoms with E-state index in [1.165, 1.54) is 27.6 Å². The molecule has 2 N–H and O–H groups in total. The Morgan fingerprint density at radius 1 is 0.949 bits per heavy atom. The summed E-state index contributed by atoms with van der Waals surface area (Å²) in [5.41, 5.74) is 4.68. The highest BCUT2D eigenvalue weighted by Crippen LogP contribution is 2.33. The number of carbonyl (C=O) groups excluding carboxylic acids is 1. The highest BCUT2D eigenvalue weighted by atomic mass is 32.2. The number of carboxylic acids is 1. The van der Waals surface area contributed by atoms with Gasteiger partial charge < -0.3 is 10.4 Å². The van der Waals surface area contributed by atoms with Crippen LogP contribution >= 0.6 is 0 Å². The number of hydrogen-bond acceptors (Lipinski definition) is 5. The van der Waals surface area contributed by atoms with Gasteiger partial charge in [-0.05, 0) is 92.7 Å². The second-order valence-corrected chi connectivity index (χ2v) is 12.9. The molecular weight excluding hydrogens is 514 g/mol. The van der Waals surface area contributed by atoms with Crippen LogP contribution in [0.15, 0.2) is 47.4 Å². The number of aromatic nitrogens is 1. The van der Waals surface area contributed by atoms with E-state index in [1.807, 2.05) is 12.1 Å². The van der Waals surface area contributed by atoms with E-state index >= 15 is 0 Å². The highest BCUT2D eigenvalue weighted by Gasteiger charge is 2.34. The van der Waals surface area contributed by atoms with Gasteiger partial charge in [0.2, 0.25) is 15.9 Å². The van der Waals surface area contributed by atoms with E-state index in [-0.39, 0.29) is 41.4 Å². The van der Waals surface area contributed by atoms with Gasteiger partial charge in [-0.25, -0.2) is 13.2 Å². The minimum absolute atomic E-state index is 0.00426. The number of fused-ring (bicyclic) bond motifs is 3. The number of rotatable bonds is 5. The zero-order valence-electron chi connectivity index (χ0n) is 21.9. The third kappa shape index (κ3) is 4.82. The van der Waals surface area contributed by atoms with E-state index in [1.54, 1.807) is 6.07 Å². The second kappa shape index (κ2) is 10.4. The SMILES string of the molecule is O=C(O)c1c2c(nc3ccc(S(=O)(=O)N4CCC(C(=O)N[C@H]5CCCc6ccccc65)CC4)cc13)CCCC2. The minimum atomic E-state index is -3.85. The Labute approximate surface area is 228 Å². The van der Waals surface area contributed by atoms with Crippen LogP contribution < -0.4 is 5.32 Å². The molecular formula is C30H33N3O5S. The first kappa shape index (κ1) is 26.0. The number of sulfonamides is 1. The van der Waals surface area contributed by atoms with Gasteiger partial charge in [-0.1, -0.05) is 24.3 Å². The quantitative estimate of drug-likeness (QED) is 0.489. The lowest BCUT2D eigenvalue weighted by molar-refractivity contribution is -0.127. The Bertz CT molecular complexity index is 1560. The van der Waals surface area contributed by atoms with Crippen molar-refractivity contribution in [1.29, 1.82) is 0 Å². The molecule has 2 aromatic carbocycles. The molecule has 0 bridgehead atoms. The van der Waals surface area contributed by atoms with E-state index in [0.717, 1.165) is 49.8 Å². The summed E-state index contributed by atoms with van der Waals surface area (Å²) >= 11 is 0. The zero-order chi connectivity index (χ0) is 27.1. The molecule has 1 aliphatic heterocycles. The molecule has 1 aromatic heterocycles. The monoisotopic (exact) mass is 547 g/mol. The van der Waals surface area contributed by atoms with Gasteiger partial charge in [0, 0.05) is 30.1 Å². The van der Waals surface area contributed by atoms with Crippen molar-refractivity contribution >= 4 is 32.8 Å². The largest absolute Gasteiger partial charge is 0.478 e. The standard InChI is InChI=1S/C30H33N3O5S/c34-29(32-25-11-5-7-19-6-1-2-8-22(19)25)20-14-16-33(17-15-20)39(37,38)21-12-13-27-24(18-21)28(30(35)36)23-9-3-4-10-26(23)31-27/h1-2,6,8,12-13,18,20,25H,3-5,7,9-11,14-17H2,(H,32,34)(H,35,36)/t25-/m0/s1. The maximum Gasteiger partial charge on any atom is 0.336 e. The molecule has 1 fully saturated rings. The van der Waals surface area contributed by atoms with Crippen molar-refractivity contribution < 1.29 is 23.1 Å². The normalized spacial score (nSPS) is 20.3. The van der Waals surface area contributed by atoms with Crippen molar-refractivity contribution in [3.05, 3.63) is 70.4 Å². The number of piperidine rings is 1. The van der Waals surface area contributed by atoms with Crippen LogP contribution in [0.3, 0.4) is 0 Å². The number of aryl methyl sites for hydroxylation is 2. The highest BCUT2D eigenvalue weighted by molar-refractivity contribution is 7.89. The van der Waals surface area contributed by atoms with Crippen LogP contribution in [0.2, 0.25) is 0 Å². The first-order valence-electron chi connectivity index (χ1n) is 13.9. The Balaban J connectivity index is 1.18. The first-order valence-corrected chi connectivity index (χ1v) is 15.3. The molecule has 204 valence electrons. The van der Waals surface area contributed by atoms with Crippen LogP contribution in [0.4, 0.5) is 0 Å². The number of hydrogen-bond donors (Lipinski definition) is 2. The zero-order valence-corrected chi connectivity index (χ0v) is 22.7. The predicted octanol–water partition coefficient (Wildman–Crippen LogP) is 4.41. The van der Waals surface area contributed by atoms with Gasteiger partial charge in [-0.3, -0.25) is 9.78 Å². The van der Waals surface area contributed by atoms with Gasteiger partial charge >= 0.3 is 5.97 Å². The van der Waals surface area contributed by atoms with Crippen LogP contribution in [0.5, 0.6) is 0 Å². The number of nitrogens with zero attached hydrogens (tertiary/aromatic N) is 2. The summed E-state index contributed by atoms with van der Waals surface area (Å²) in [4.78, 5) is 30.1. The summed E-state index contributed by atoms with van der Waals surface area (Å²) < 4.78 is 28.6. The Kier molecular flexibility index (Phi) is 6.89. The Morgan fingerprint density at radius 2 is 1.72 bits per heavy atom. The van der Waals surface area contributed by atoms with E-state index in [0.29, 0.717) is 30.2 Å². The molecule has 0 saturated carbocycles. The molecule has 3 aliphatic rings. The molecule has 2 aliphatic carbocycles. The maximum absolute atomic E-state index is 13.6. The summed E-state index contributed by atoms with van der Waals surface area (Å²) in [5, 5.41) is 13.6. The fourth-order valence-electron chi connectivity index (χ4n) is 6.51. The number of carbonyl (C=O) groups is 2. The van der Waals surface area contributed by atoms with Gasteiger partial charge in [0.05, 0.1) is 22.0 Å². The Hall–Kier alpha value is -3.30. The molecule has 39 heavy (non-hydrogen) atoms. The minimum Gasteiger partial charge on any atom is -0.478 e. The van der Waals surface area contributed by atoms with Gasteiger partial charge in [0.25, 0.3) is 0 Å². The molecule has 9 heteroatoms. The van der Waals surface area contributed by atoms with Crippen molar-refractivity contribution in [3.63, 3.8) is 0 Å². The van der Waals surface area contributed by atoms with Crippen LogP contribution in [0.25, 0.3) is 10.9 Å². The molecule has 0 unspecified atom stereocenters. The summed E-state index contributed by atoms with van der Waals surface area (Å²) in [6.45, 7) is 0.488. The van der Waals surface area contributed by atoms with E-state index in [9.17, 15) is 23.1 Å². The Morgan fingerprint density at radius 3 is 2.51 bits per heavy atom. The van der Waals surface area contributed by atoms with E-state index in [4.69, 9.17) is 0 Å². The summed E-state index contributed by atoms with van der Waals surface area (Å²) in [7, 11) is -3.85. The number of carboxylic acid groups (broad SMARTS) is 1. The van der Waals surface area contributed by atoms with Crippen molar-refractivity contribution in [2.24, 2.45) is 5.92 Å². The number of benzene rings is 2. The molecule has 1 saturated heterocycles. The van der Waals surface area contributed by atoms with E-state index in [2.05, 4.69) is 22.4 Å². The van der Waals surface area contributed by atoms with Crippen LogP contribution in [0, 0.1) is 5.92 Å². The average molecular weight is 548 g/mol. The molecule has 3 aromatic rings. The van der Waals surface area contributed by atoms with Gasteiger partial charge in [-0.2, -0.15) is 4.31 Å². The molecule has 0 radical (unpaired) electrons. The average Bonchev–Trinajstić information content (AvgIpc) is 2.95. The van der Waals surface area contributed by atoms with Crippen LogP contribution in [-0.2, 0) is 34.1 Å². The number of amides is 1. The van der Waals surface area contributed by atoms with Gasteiger partial charge in [-0.15, -0.1) is 0 Å². The van der Waals surface area contributed by atoms with Crippen LogP contribution in [0.1, 0.15) is 77.3 Å². The third-order valence-corrected chi connectivity index (χ3v) is 10.5. The second-order valence-electron chi connectivity index (χ2n) is 10.9. The molecule has 0 spiro atoms. The number of nitrogens with one attached hydrogen (secondary N) is 1. The number of aromatic carboxylic acids is 1. The molecule has 2 heterocycles. The lowest BCUT2D eigenvalue weighted by Gasteiger charge is -2.32. The molecule has 8 nitrogen and oxygen atoms in total. The summed E-state index contributed by atoms with van der Waals surface area (Å²) in [6.07, 6.45) is 7.11. The lowest BCUT2D eigenvalue weighted by atomic mass is 9.87. The summed E-state index contributed by atoms with van der Waals surface area (Å²) in [5.74, 6) is -1.31. The smallest absolute Gasteiger partial charge is 0.336 e. The van der Waals surface area contributed by atoms with Crippen LogP contribution in [-0.4, -0.2) is 47.8 Å². The number of pyridine rings is 1. The maximum atomic E-state index is 13.6. The van der Waals surface area contributed by atoms with Crippen molar-refractivity contribution in [2.75, 3.05) is 13.1 Å². The third-order valence-electron chi connectivity index (χ3n) is 8.60. The summed E-state index contributed by atoms with van der Waals surface area (Å²) in [6, 6.07) is 12.8. The van der Waals surface area contributed by atoms with Crippen molar-refractivity contribution in [3.8, 4) is 0 Å². The van der Waals surface area contributed by atoms with Gasteiger partial charge in [0.1, 0.15) is 0 Å². The first-order chi connectivity index (χ1) is 18.8. The topological polar surface area (TPSA) is 117 Å². The molecule has 1 amide bonds. The fraction of sp³-hybridized carbons (Fsp3) is 0.433. The van der Waals surface area contributed by atoms with E-state index < -0.39 is 16.0 Å².